The first-order valence-electron chi connectivity index (χ1n) is 10.7. The number of aliphatic imine (C=N–C) groups is 1. The monoisotopic (exact) mass is 393 g/mol. The number of nitrogens with one attached hydrogen (secondary N) is 1. The molecule has 2 fully saturated rings. The van der Waals surface area contributed by atoms with Gasteiger partial charge in [0.25, 0.3) is 5.91 Å². The second-order valence-corrected chi connectivity index (χ2v) is 9.73. The van der Waals surface area contributed by atoms with Crippen LogP contribution < -0.4 is 5.32 Å². The molecule has 4 rings (SSSR count). The number of amides is 2. The summed E-state index contributed by atoms with van der Waals surface area (Å²) in [5.41, 5.74) is 0.887. The number of carbonyl (C=O) groups excluding carboxylic acids is 2. The van der Waals surface area contributed by atoms with Gasteiger partial charge in [-0.05, 0) is 51.2 Å². The summed E-state index contributed by atoms with van der Waals surface area (Å²) in [7, 11) is 0. The highest BCUT2D eigenvalue weighted by Crippen LogP contribution is 2.50. The first-order valence-corrected chi connectivity index (χ1v) is 10.7. The zero-order valence-electron chi connectivity index (χ0n) is 17.7. The van der Waals surface area contributed by atoms with Crippen LogP contribution in [0.5, 0.6) is 0 Å². The van der Waals surface area contributed by atoms with Gasteiger partial charge in [-0.2, -0.15) is 0 Å². The zero-order valence-corrected chi connectivity index (χ0v) is 17.7. The molecule has 1 saturated heterocycles. The van der Waals surface area contributed by atoms with Crippen LogP contribution in [0.3, 0.4) is 0 Å². The van der Waals surface area contributed by atoms with Gasteiger partial charge in [0.2, 0.25) is 5.91 Å². The van der Waals surface area contributed by atoms with Crippen LogP contribution in [0.4, 0.5) is 5.69 Å². The first-order chi connectivity index (χ1) is 13.7. The number of para-hydroxylation sites is 1. The van der Waals surface area contributed by atoms with E-state index >= 15 is 0 Å². The van der Waals surface area contributed by atoms with Crippen LogP contribution in [0, 0.1) is 5.92 Å². The number of likely N-dealkylation sites (tertiary alicyclic amines) is 1. The molecule has 1 saturated carbocycles. The van der Waals surface area contributed by atoms with Crippen molar-refractivity contribution in [2.24, 2.45) is 10.9 Å². The Kier molecular flexibility index (Phi) is 4.88. The van der Waals surface area contributed by atoms with Crippen LogP contribution in [-0.2, 0) is 15.0 Å². The van der Waals surface area contributed by atoms with Crippen molar-refractivity contribution in [2.45, 2.75) is 69.9 Å². The number of carbonyl (C=O) groups is 2. The zero-order chi connectivity index (χ0) is 20.8. The summed E-state index contributed by atoms with van der Waals surface area (Å²) in [6, 6.07) is 7.12. The lowest BCUT2D eigenvalue weighted by Gasteiger charge is -2.36. The molecule has 1 aromatic carbocycles. The van der Waals surface area contributed by atoms with E-state index in [2.05, 4.69) is 16.9 Å². The average molecular weight is 394 g/mol. The van der Waals surface area contributed by atoms with Crippen molar-refractivity contribution in [3.63, 3.8) is 0 Å². The van der Waals surface area contributed by atoms with Gasteiger partial charge in [0.1, 0.15) is 6.04 Å². The summed E-state index contributed by atoms with van der Waals surface area (Å²) in [6.45, 7) is 10.7. The van der Waals surface area contributed by atoms with Crippen molar-refractivity contribution in [3.8, 4) is 0 Å². The number of fused-ring (bicyclic) bond motifs is 2. The maximum absolute atomic E-state index is 13.6. The SMILES string of the molecule is C=C1C(=O)N(CC2CCCCC2)C(C(=O)NC(C)(C)C)C12C=Nc1ccccc12. The van der Waals surface area contributed by atoms with Crippen molar-refractivity contribution < 1.29 is 9.59 Å². The molecule has 1 aliphatic carbocycles. The van der Waals surface area contributed by atoms with Crippen molar-refractivity contribution in [1.82, 2.24) is 10.2 Å². The molecule has 2 atom stereocenters. The topological polar surface area (TPSA) is 61.8 Å². The highest BCUT2D eigenvalue weighted by atomic mass is 16.2. The summed E-state index contributed by atoms with van der Waals surface area (Å²) < 4.78 is 0. The number of hydrogen-bond donors (Lipinski definition) is 1. The van der Waals surface area contributed by atoms with Gasteiger partial charge in [0.15, 0.2) is 0 Å². The smallest absolute Gasteiger partial charge is 0.251 e. The van der Waals surface area contributed by atoms with Gasteiger partial charge in [-0.15, -0.1) is 0 Å². The molecule has 0 radical (unpaired) electrons. The quantitative estimate of drug-likeness (QED) is 0.792. The van der Waals surface area contributed by atoms with Crippen LogP contribution in [0.15, 0.2) is 41.4 Å². The summed E-state index contributed by atoms with van der Waals surface area (Å²) in [6.07, 6.45) is 7.66. The van der Waals surface area contributed by atoms with E-state index in [9.17, 15) is 9.59 Å². The fraction of sp³-hybridized carbons (Fsp3) is 0.542. The highest BCUT2D eigenvalue weighted by molar-refractivity contribution is 6.14. The highest BCUT2D eigenvalue weighted by Gasteiger charge is 2.60. The fourth-order valence-electron chi connectivity index (χ4n) is 5.14. The van der Waals surface area contributed by atoms with Crippen molar-refractivity contribution in [1.29, 1.82) is 0 Å². The molecular formula is C24H31N3O2. The standard InChI is InChI=1S/C24H31N3O2/c1-16-22(29)27(14-17-10-6-5-7-11-17)20(21(28)26-23(2,3)4)24(16)15-25-19-13-9-8-12-18(19)24/h8-9,12-13,15,17,20H,1,5-7,10-11,14H2,2-4H3,(H,26,28). The van der Waals surface area contributed by atoms with Crippen molar-refractivity contribution in [3.05, 3.63) is 42.0 Å². The summed E-state index contributed by atoms with van der Waals surface area (Å²) in [4.78, 5) is 33.4. The van der Waals surface area contributed by atoms with E-state index in [0.29, 0.717) is 18.0 Å². The maximum Gasteiger partial charge on any atom is 0.251 e. The normalized spacial score (nSPS) is 27.0. The predicted molar refractivity (Wildman–Crippen MR) is 115 cm³/mol. The molecule has 1 N–H and O–H groups in total. The van der Waals surface area contributed by atoms with Crippen LogP contribution in [0.25, 0.3) is 0 Å². The van der Waals surface area contributed by atoms with E-state index < -0.39 is 17.0 Å². The minimum Gasteiger partial charge on any atom is -0.350 e. The molecule has 2 unspecified atom stereocenters. The largest absolute Gasteiger partial charge is 0.350 e. The Morgan fingerprint density at radius 1 is 1.24 bits per heavy atom. The Morgan fingerprint density at radius 3 is 2.62 bits per heavy atom. The predicted octanol–water partition coefficient (Wildman–Crippen LogP) is 3.90. The van der Waals surface area contributed by atoms with Crippen LogP contribution >= 0.6 is 0 Å². The van der Waals surface area contributed by atoms with Crippen molar-refractivity contribution >= 4 is 23.7 Å². The molecule has 5 nitrogen and oxygen atoms in total. The molecule has 5 heteroatoms. The van der Waals surface area contributed by atoms with E-state index in [-0.39, 0.29) is 11.8 Å². The molecule has 0 bridgehead atoms. The number of hydrogen-bond acceptors (Lipinski definition) is 3. The lowest BCUT2D eigenvalue weighted by molar-refractivity contribution is -0.136. The minimum atomic E-state index is -0.891. The van der Waals surface area contributed by atoms with E-state index in [0.717, 1.165) is 24.1 Å². The molecule has 29 heavy (non-hydrogen) atoms. The lowest BCUT2D eigenvalue weighted by Crippen LogP contribution is -2.57. The van der Waals surface area contributed by atoms with Crippen LogP contribution in [0.1, 0.15) is 58.4 Å². The molecule has 2 amide bonds. The number of rotatable bonds is 3. The third-order valence-corrected chi connectivity index (χ3v) is 6.44. The Bertz CT molecular complexity index is 876. The van der Waals surface area contributed by atoms with E-state index in [4.69, 9.17) is 0 Å². The average Bonchev–Trinajstić information content (AvgIpc) is 3.15. The third kappa shape index (κ3) is 3.30. The van der Waals surface area contributed by atoms with Gasteiger partial charge in [-0.3, -0.25) is 14.6 Å². The first kappa shape index (κ1) is 19.9. The fourth-order valence-corrected chi connectivity index (χ4v) is 5.14. The van der Waals surface area contributed by atoms with Gasteiger partial charge in [0, 0.05) is 23.9 Å². The molecule has 1 aromatic rings. The van der Waals surface area contributed by atoms with Gasteiger partial charge >= 0.3 is 0 Å². The van der Waals surface area contributed by atoms with Crippen molar-refractivity contribution in [2.75, 3.05) is 6.54 Å². The molecule has 2 aliphatic heterocycles. The van der Waals surface area contributed by atoms with Gasteiger partial charge in [-0.1, -0.05) is 44.0 Å². The molecule has 0 aromatic heterocycles. The second-order valence-electron chi connectivity index (χ2n) is 9.73. The van der Waals surface area contributed by atoms with Crippen LogP contribution in [-0.4, -0.2) is 41.1 Å². The lowest BCUT2D eigenvalue weighted by atomic mass is 9.72. The Labute approximate surface area is 173 Å². The molecular weight excluding hydrogens is 362 g/mol. The second kappa shape index (κ2) is 7.12. The summed E-state index contributed by atoms with van der Waals surface area (Å²) in [5.74, 6) is 0.186. The Morgan fingerprint density at radius 2 is 1.93 bits per heavy atom. The maximum atomic E-state index is 13.6. The van der Waals surface area contributed by atoms with E-state index in [1.54, 1.807) is 11.1 Å². The molecule has 154 valence electrons. The minimum absolute atomic E-state index is 0.118. The van der Waals surface area contributed by atoms with Crippen LogP contribution in [0.2, 0.25) is 0 Å². The van der Waals surface area contributed by atoms with Gasteiger partial charge in [-0.25, -0.2) is 0 Å². The summed E-state index contributed by atoms with van der Waals surface area (Å²) in [5, 5.41) is 3.12. The molecule has 3 aliphatic rings. The van der Waals surface area contributed by atoms with E-state index in [1.165, 1.54) is 19.3 Å². The number of benzene rings is 1. The third-order valence-electron chi connectivity index (χ3n) is 6.44. The number of nitrogens with zero attached hydrogens (tertiary/aromatic N) is 2. The van der Waals surface area contributed by atoms with Gasteiger partial charge < -0.3 is 10.2 Å². The Balaban J connectivity index is 1.77. The molecule has 1 spiro atoms. The molecule has 2 heterocycles. The Hall–Kier alpha value is -2.43. The van der Waals surface area contributed by atoms with E-state index in [1.807, 2.05) is 45.0 Å². The summed E-state index contributed by atoms with van der Waals surface area (Å²) >= 11 is 0. The van der Waals surface area contributed by atoms with Gasteiger partial charge in [0.05, 0.1) is 11.1 Å².